The predicted molar refractivity (Wildman–Crippen MR) is 106 cm³/mol. The summed E-state index contributed by atoms with van der Waals surface area (Å²) in [7, 11) is 0. The fourth-order valence-corrected chi connectivity index (χ4v) is 2.62. The van der Waals surface area contributed by atoms with E-state index in [0.29, 0.717) is 24.6 Å². The molecule has 1 aliphatic rings. The topological polar surface area (TPSA) is 80.0 Å². The van der Waals surface area contributed by atoms with E-state index in [-0.39, 0.29) is 53.7 Å². The Morgan fingerprint density at radius 1 is 1.24 bits per heavy atom. The Morgan fingerprint density at radius 2 is 1.90 bits per heavy atom. The highest BCUT2D eigenvalue weighted by Crippen LogP contribution is 2.37. The van der Waals surface area contributed by atoms with Crippen LogP contribution in [0.5, 0.6) is 0 Å². The minimum atomic E-state index is -4.73. The molecular weight excluding hydrogens is 459 g/mol. The number of nitrogens with zero attached hydrogens (tertiary/aromatic N) is 1. The summed E-state index contributed by atoms with van der Waals surface area (Å²) in [5, 5.41) is 5.31. The second-order valence-electron chi connectivity index (χ2n) is 6.30. The van der Waals surface area contributed by atoms with Crippen molar-refractivity contribution in [2.75, 3.05) is 5.32 Å². The molecule has 1 amide bonds. The molecule has 0 saturated heterocycles. The molecule has 1 aromatic carbocycles. The largest absolute Gasteiger partial charge is 0.418 e. The number of hydrogen-bond donors (Lipinski definition) is 3. The van der Waals surface area contributed by atoms with Crippen LogP contribution in [-0.4, -0.2) is 16.4 Å². The van der Waals surface area contributed by atoms with Crippen LogP contribution < -0.4 is 16.4 Å². The fourth-order valence-electron chi connectivity index (χ4n) is 2.38. The molecular formula is C17H17Cl3F4N4O. The molecule has 29 heavy (non-hydrogen) atoms. The van der Waals surface area contributed by atoms with Crippen molar-refractivity contribution < 1.29 is 22.4 Å². The van der Waals surface area contributed by atoms with Crippen LogP contribution >= 0.6 is 36.4 Å². The third kappa shape index (κ3) is 6.08. The van der Waals surface area contributed by atoms with Crippen molar-refractivity contribution in [2.45, 2.75) is 31.1 Å². The van der Waals surface area contributed by atoms with Gasteiger partial charge in [0.1, 0.15) is 5.82 Å². The van der Waals surface area contributed by atoms with Gasteiger partial charge in [-0.2, -0.15) is 13.2 Å². The summed E-state index contributed by atoms with van der Waals surface area (Å²) in [6.45, 7) is 0.0429. The molecule has 160 valence electrons. The molecule has 1 heterocycles. The second-order valence-corrected chi connectivity index (χ2v) is 6.71. The second kappa shape index (κ2) is 9.34. The van der Waals surface area contributed by atoms with Crippen molar-refractivity contribution in [3.8, 4) is 0 Å². The first-order chi connectivity index (χ1) is 12.6. The summed E-state index contributed by atoms with van der Waals surface area (Å²) in [4.78, 5) is 15.9. The number of amides is 1. The predicted octanol–water partition coefficient (Wildman–Crippen LogP) is 4.59. The first-order valence-electron chi connectivity index (χ1n) is 7.94. The maximum Gasteiger partial charge on any atom is 0.418 e. The molecule has 0 radical (unpaired) electrons. The Kier molecular flexibility index (Phi) is 8.12. The van der Waals surface area contributed by atoms with Crippen molar-refractivity contribution in [3.05, 3.63) is 52.6 Å². The van der Waals surface area contributed by atoms with E-state index in [4.69, 9.17) is 17.3 Å². The highest BCUT2D eigenvalue weighted by Gasteiger charge is 2.45. The number of rotatable bonds is 5. The first-order valence-corrected chi connectivity index (χ1v) is 8.32. The number of halogens is 7. The Labute approximate surface area is 181 Å². The number of aromatic nitrogens is 1. The quantitative estimate of drug-likeness (QED) is 0.553. The Morgan fingerprint density at radius 3 is 2.45 bits per heavy atom. The molecule has 0 bridgehead atoms. The van der Waals surface area contributed by atoms with Gasteiger partial charge < -0.3 is 16.4 Å². The van der Waals surface area contributed by atoms with Gasteiger partial charge in [-0.1, -0.05) is 11.6 Å². The van der Waals surface area contributed by atoms with Gasteiger partial charge in [-0.15, -0.1) is 24.8 Å². The van der Waals surface area contributed by atoms with Crippen molar-refractivity contribution in [3.63, 3.8) is 0 Å². The van der Waals surface area contributed by atoms with Crippen molar-refractivity contribution in [2.24, 2.45) is 5.73 Å². The van der Waals surface area contributed by atoms with E-state index in [9.17, 15) is 22.4 Å². The van der Waals surface area contributed by atoms with Crippen LogP contribution in [0.1, 0.15) is 24.1 Å². The molecule has 12 heteroatoms. The Balaban J connectivity index is 0.00000210. The number of carbonyl (C=O) groups excluding carboxylic acids is 1. The molecule has 5 nitrogen and oxygen atoms in total. The van der Waals surface area contributed by atoms with Gasteiger partial charge in [0.2, 0.25) is 5.91 Å². The number of hydrogen-bond acceptors (Lipinski definition) is 4. The van der Waals surface area contributed by atoms with Crippen LogP contribution in [0.4, 0.5) is 28.9 Å². The van der Waals surface area contributed by atoms with Gasteiger partial charge in [0.15, 0.2) is 0 Å². The summed E-state index contributed by atoms with van der Waals surface area (Å²) >= 11 is 6.10. The third-order valence-corrected chi connectivity index (χ3v) is 4.47. The molecule has 1 saturated carbocycles. The molecule has 0 aliphatic heterocycles. The maximum atomic E-state index is 13.2. The molecule has 2 aromatic rings. The smallest absolute Gasteiger partial charge is 0.354 e. The van der Waals surface area contributed by atoms with E-state index in [2.05, 4.69) is 15.6 Å². The van der Waals surface area contributed by atoms with Crippen LogP contribution in [0.15, 0.2) is 30.5 Å². The van der Waals surface area contributed by atoms with Gasteiger partial charge in [-0.05, 0) is 37.1 Å². The van der Waals surface area contributed by atoms with Crippen LogP contribution in [0.3, 0.4) is 0 Å². The zero-order valence-electron chi connectivity index (χ0n) is 14.6. The average Bonchev–Trinajstić information content (AvgIpc) is 3.33. The monoisotopic (exact) mass is 474 g/mol. The number of pyridine rings is 1. The van der Waals surface area contributed by atoms with E-state index in [1.807, 2.05) is 0 Å². The lowest BCUT2D eigenvalue weighted by Crippen LogP contribution is -2.42. The number of benzene rings is 1. The average molecular weight is 476 g/mol. The normalized spacial score (nSPS) is 14.3. The minimum Gasteiger partial charge on any atom is -0.354 e. The SMILES string of the molecule is Cl.Cl.NC1(C(=O)NCc2ncc(Nc3ccc(F)cc3C(F)(F)F)cc2Cl)CC1. The van der Waals surface area contributed by atoms with Gasteiger partial charge in [0, 0.05) is 0 Å². The third-order valence-electron chi connectivity index (χ3n) is 4.14. The lowest BCUT2D eigenvalue weighted by molar-refractivity contribution is -0.137. The van der Waals surface area contributed by atoms with E-state index < -0.39 is 23.1 Å². The number of anilines is 2. The molecule has 0 unspecified atom stereocenters. The maximum absolute atomic E-state index is 13.2. The summed E-state index contributed by atoms with van der Waals surface area (Å²) in [6, 6.07) is 3.67. The van der Waals surface area contributed by atoms with Gasteiger partial charge in [-0.25, -0.2) is 4.39 Å². The van der Waals surface area contributed by atoms with Crippen molar-refractivity contribution >= 4 is 53.7 Å². The zero-order valence-corrected chi connectivity index (χ0v) is 17.0. The van der Waals surface area contributed by atoms with Gasteiger partial charge >= 0.3 is 6.18 Å². The summed E-state index contributed by atoms with van der Waals surface area (Å²) in [6.07, 6.45) is -2.23. The van der Waals surface area contributed by atoms with Gasteiger partial charge in [-0.3, -0.25) is 9.78 Å². The van der Waals surface area contributed by atoms with E-state index in [0.717, 1.165) is 12.1 Å². The van der Waals surface area contributed by atoms with E-state index in [1.165, 1.54) is 12.3 Å². The van der Waals surface area contributed by atoms with Crippen molar-refractivity contribution in [1.29, 1.82) is 0 Å². The molecule has 4 N–H and O–H groups in total. The molecule has 1 aromatic heterocycles. The van der Waals surface area contributed by atoms with E-state index in [1.54, 1.807) is 0 Å². The van der Waals surface area contributed by atoms with Crippen LogP contribution in [0, 0.1) is 5.82 Å². The molecule has 1 aliphatic carbocycles. The lowest BCUT2D eigenvalue weighted by Gasteiger charge is -2.15. The Hall–Kier alpha value is -1.81. The van der Waals surface area contributed by atoms with Crippen molar-refractivity contribution in [1.82, 2.24) is 10.3 Å². The minimum absolute atomic E-state index is 0. The number of carbonyl (C=O) groups is 1. The van der Waals surface area contributed by atoms with Crippen LogP contribution in [0.2, 0.25) is 5.02 Å². The Bertz CT molecular complexity index is 891. The summed E-state index contributed by atoms with van der Waals surface area (Å²) < 4.78 is 52.3. The first kappa shape index (κ1) is 25.2. The van der Waals surface area contributed by atoms with Crippen LogP contribution in [0.25, 0.3) is 0 Å². The number of alkyl halides is 3. The molecule has 0 spiro atoms. The van der Waals surface area contributed by atoms with Gasteiger partial charge in [0.25, 0.3) is 0 Å². The molecule has 1 fully saturated rings. The standard InChI is InChI=1S/C17H15ClF4N4O.2ClH/c18-12-6-10(7-24-14(12)8-25-15(27)16(23)3-4-16)26-13-2-1-9(19)5-11(13)17(20,21)22;;/h1-2,5-7,26H,3-4,8,23H2,(H,25,27);2*1H. The number of nitrogens with two attached hydrogens (primary N) is 1. The van der Waals surface area contributed by atoms with E-state index >= 15 is 0 Å². The number of nitrogens with one attached hydrogen (secondary N) is 2. The molecule has 0 atom stereocenters. The lowest BCUT2D eigenvalue weighted by atomic mass is 10.1. The summed E-state index contributed by atoms with van der Waals surface area (Å²) in [5.41, 5.74) is 3.99. The highest BCUT2D eigenvalue weighted by molar-refractivity contribution is 6.31. The fraction of sp³-hybridized carbons (Fsp3) is 0.294. The summed E-state index contributed by atoms with van der Waals surface area (Å²) in [5.74, 6) is -1.30. The molecule has 3 rings (SSSR count). The zero-order chi connectivity index (χ0) is 19.8. The van der Waals surface area contributed by atoms with Crippen LogP contribution in [-0.2, 0) is 17.5 Å². The van der Waals surface area contributed by atoms with Gasteiger partial charge in [0.05, 0.1) is 45.9 Å². The highest BCUT2D eigenvalue weighted by atomic mass is 35.5.